The van der Waals surface area contributed by atoms with Crippen LogP contribution >= 0.6 is 0 Å². The summed E-state index contributed by atoms with van der Waals surface area (Å²) in [6.07, 6.45) is 0.206. The maximum absolute atomic E-state index is 11.9. The highest BCUT2D eigenvalue weighted by Crippen LogP contribution is 2.17. The molecule has 2 amide bonds. The summed E-state index contributed by atoms with van der Waals surface area (Å²) in [7, 11) is 0. The quantitative estimate of drug-likeness (QED) is 0.735. The summed E-state index contributed by atoms with van der Waals surface area (Å²) in [4.78, 5) is 23.5. The molecule has 0 radical (unpaired) electrons. The maximum atomic E-state index is 11.9. The van der Waals surface area contributed by atoms with E-state index in [9.17, 15) is 9.59 Å². The molecule has 0 aromatic heterocycles. The fraction of sp³-hybridized carbons (Fsp3) is 0.467. The highest BCUT2D eigenvalue weighted by Gasteiger charge is 2.27. The minimum absolute atomic E-state index is 0.0541. The van der Waals surface area contributed by atoms with Crippen LogP contribution in [0.15, 0.2) is 24.3 Å². The van der Waals surface area contributed by atoms with Gasteiger partial charge >= 0.3 is 0 Å². The van der Waals surface area contributed by atoms with Gasteiger partial charge in [0, 0.05) is 5.69 Å². The van der Waals surface area contributed by atoms with Gasteiger partial charge in [-0.3, -0.25) is 9.59 Å². The van der Waals surface area contributed by atoms with Crippen molar-refractivity contribution in [2.75, 3.05) is 18.4 Å². The maximum Gasteiger partial charge on any atom is 0.278 e. The first-order chi connectivity index (χ1) is 9.56. The van der Waals surface area contributed by atoms with Crippen LogP contribution in [0.2, 0.25) is 0 Å². The zero-order chi connectivity index (χ0) is 14.5. The summed E-state index contributed by atoms with van der Waals surface area (Å²) in [5.74, 6) is 0.294. The predicted octanol–water partition coefficient (Wildman–Crippen LogP) is 0.200. The van der Waals surface area contributed by atoms with Gasteiger partial charge in [-0.05, 0) is 23.6 Å². The molecule has 0 aliphatic carbocycles. The molecule has 1 aliphatic rings. The minimum atomic E-state index is -0.307. The van der Waals surface area contributed by atoms with Gasteiger partial charge in [-0.1, -0.05) is 26.0 Å². The fourth-order valence-corrected chi connectivity index (χ4v) is 2.26. The number of nitrogens with one attached hydrogen (secondary N) is 2. The van der Waals surface area contributed by atoms with Crippen LogP contribution in [-0.2, 0) is 9.59 Å². The number of piperazine rings is 1. The van der Waals surface area contributed by atoms with E-state index in [2.05, 4.69) is 24.5 Å². The number of amides is 2. The molecule has 5 nitrogen and oxygen atoms in total. The van der Waals surface area contributed by atoms with Crippen LogP contribution in [0.1, 0.15) is 31.7 Å². The monoisotopic (exact) mass is 276 g/mol. The lowest BCUT2D eigenvalue weighted by atomic mass is 10.0. The Kier molecular flexibility index (Phi) is 4.74. The average molecular weight is 276 g/mol. The van der Waals surface area contributed by atoms with E-state index in [0.29, 0.717) is 12.5 Å². The summed E-state index contributed by atoms with van der Waals surface area (Å²) in [6.45, 7) is 5.76. The minimum Gasteiger partial charge on any atom is -0.345 e. The molecule has 108 valence electrons. The van der Waals surface area contributed by atoms with Crippen molar-refractivity contribution < 1.29 is 14.9 Å². The van der Waals surface area contributed by atoms with Crippen molar-refractivity contribution in [2.45, 2.75) is 32.2 Å². The second-order valence-electron chi connectivity index (χ2n) is 5.45. The highest BCUT2D eigenvalue weighted by molar-refractivity contribution is 5.94. The molecule has 1 aliphatic heterocycles. The molecule has 1 aromatic rings. The largest absolute Gasteiger partial charge is 0.345 e. The number of carbonyl (C=O) groups excluding carboxylic acids is 2. The number of hydrogen-bond acceptors (Lipinski definition) is 2. The second-order valence-corrected chi connectivity index (χ2v) is 5.45. The molecule has 1 aromatic carbocycles. The first-order valence-electron chi connectivity index (χ1n) is 7.07. The molecule has 0 bridgehead atoms. The van der Waals surface area contributed by atoms with Gasteiger partial charge in [0.25, 0.3) is 5.91 Å². The number of rotatable bonds is 4. The van der Waals surface area contributed by atoms with E-state index in [1.165, 1.54) is 5.56 Å². The second kappa shape index (κ2) is 6.52. The van der Waals surface area contributed by atoms with Crippen LogP contribution in [0.5, 0.6) is 0 Å². The zero-order valence-corrected chi connectivity index (χ0v) is 12.0. The standard InChI is InChI=1S/C15H21N3O2/c1-10(2)11-3-5-12(6-4-11)18-14(19)9-13-15(20)17-8-7-16-13/h3-6,10,13,16H,7-9H2,1-2H3,(H,17,20)(H,18,19)/p+1/t13-/m0/s1. The molecule has 1 saturated heterocycles. The molecule has 0 unspecified atom stereocenters. The smallest absolute Gasteiger partial charge is 0.278 e. The molecule has 1 fully saturated rings. The van der Waals surface area contributed by atoms with Crippen LogP contribution in [-0.4, -0.2) is 30.9 Å². The summed E-state index contributed by atoms with van der Waals surface area (Å²) in [5.41, 5.74) is 2.01. The average Bonchev–Trinajstić information content (AvgIpc) is 2.42. The summed E-state index contributed by atoms with van der Waals surface area (Å²) in [5, 5.41) is 7.52. The van der Waals surface area contributed by atoms with Crippen molar-refractivity contribution in [2.24, 2.45) is 0 Å². The molecule has 0 spiro atoms. The van der Waals surface area contributed by atoms with E-state index in [4.69, 9.17) is 0 Å². The third-order valence-electron chi connectivity index (χ3n) is 3.50. The van der Waals surface area contributed by atoms with Crippen LogP contribution in [0.25, 0.3) is 0 Å². The molecule has 0 saturated carbocycles. The van der Waals surface area contributed by atoms with Gasteiger partial charge in [-0.2, -0.15) is 0 Å². The summed E-state index contributed by atoms with van der Waals surface area (Å²) < 4.78 is 0. The third-order valence-corrected chi connectivity index (χ3v) is 3.50. The number of nitrogens with two attached hydrogens (primary N) is 1. The highest BCUT2D eigenvalue weighted by atomic mass is 16.2. The summed E-state index contributed by atoms with van der Waals surface area (Å²) >= 11 is 0. The number of quaternary nitrogens is 1. The first kappa shape index (κ1) is 14.5. The van der Waals surface area contributed by atoms with Crippen molar-refractivity contribution in [1.29, 1.82) is 0 Å². The van der Waals surface area contributed by atoms with Crippen LogP contribution < -0.4 is 16.0 Å². The first-order valence-corrected chi connectivity index (χ1v) is 7.07. The van der Waals surface area contributed by atoms with E-state index in [1.807, 2.05) is 29.6 Å². The van der Waals surface area contributed by atoms with E-state index in [-0.39, 0.29) is 24.3 Å². The van der Waals surface area contributed by atoms with Gasteiger partial charge in [0.05, 0.1) is 19.5 Å². The van der Waals surface area contributed by atoms with E-state index in [1.54, 1.807) is 0 Å². The molecular weight excluding hydrogens is 254 g/mol. The lowest BCUT2D eigenvalue weighted by Gasteiger charge is -2.19. The van der Waals surface area contributed by atoms with E-state index in [0.717, 1.165) is 12.2 Å². The molecule has 4 N–H and O–H groups in total. The van der Waals surface area contributed by atoms with Gasteiger partial charge in [-0.15, -0.1) is 0 Å². The van der Waals surface area contributed by atoms with E-state index < -0.39 is 0 Å². The Labute approximate surface area is 119 Å². The number of anilines is 1. The summed E-state index contributed by atoms with van der Waals surface area (Å²) in [6, 6.07) is 7.52. The molecular formula is C15H22N3O2+. The van der Waals surface area contributed by atoms with Crippen molar-refractivity contribution in [3.8, 4) is 0 Å². The fourth-order valence-electron chi connectivity index (χ4n) is 2.26. The third kappa shape index (κ3) is 3.81. The van der Waals surface area contributed by atoms with Crippen molar-refractivity contribution in [3.05, 3.63) is 29.8 Å². The van der Waals surface area contributed by atoms with Crippen LogP contribution in [0.4, 0.5) is 5.69 Å². The van der Waals surface area contributed by atoms with Gasteiger partial charge in [0.15, 0.2) is 6.04 Å². The van der Waals surface area contributed by atoms with Gasteiger partial charge < -0.3 is 16.0 Å². The molecule has 1 atom stereocenters. The molecule has 1 heterocycles. The lowest BCUT2D eigenvalue weighted by molar-refractivity contribution is -0.678. The van der Waals surface area contributed by atoms with Crippen LogP contribution in [0, 0.1) is 0 Å². The Morgan fingerprint density at radius 1 is 1.40 bits per heavy atom. The molecule has 5 heteroatoms. The Bertz CT molecular complexity index is 482. The Morgan fingerprint density at radius 3 is 2.70 bits per heavy atom. The SMILES string of the molecule is CC(C)c1ccc(NC(=O)C[C@@H]2[NH2+]CCNC2=O)cc1. The predicted molar refractivity (Wildman–Crippen MR) is 77.4 cm³/mol. The number of carbonyl (C=O) groups is 2. The molecule has 20 heavy (non-hydrogen) atoms. The van der Waals surface area contributed by atoms with Gasteiger partial charge in [0.1, 0.15) is 0 Å². The Morgan fingerprint density at radius 2 is 2.10 bits per heavy atom. The van der Waals surface area contributed by atoms with Crippen molar-refractivity contribution in [1.82, 2.24) is 5.32 Å². The Hall–Kier alpha value is -1.88. The van der Waals surface area contributed by atoms with Gasteiger partial charge in [-0.25, -0.2) is 0 Å². The Balaban J connectivity index is 1.89. The topological polar surface area (TPSA) is 74.8 Å². The molecule has 2 rings (SSSR count). The van der Waals surface area contributed by atoms with E-state index >= 15 is 0 Å². The zero-order valence-electron chi connectivity index (χ0n) is 12.0. The normalized spacial score (nSPS) is 18.8. The van der Waals surface area contributed by atoms with Crippen molar-refractivity contribution >= 4 is 17.5 Å². The number of hydrogen-bond donors (Lipinski definition) is 3. The lowest BCUT2D eigenvalue weighted by Crippen LogP contribution is -2.96. The number of benzene rings is 1. The van der Waals surface area contributed by atoms with Crippen molar-refractivity contribution in [3.63, 3.8) is 0 Å². The van der Waals surface area contributed by atoms with Gasteiger partial charge in [0.2, 0.25) is 5.91 Å². The van der Waals surface area contributed by atoms with Crippen LogP contribution in [0.3, 0.4) is 0 Å².